The molecule has 0 aliphatic rings. The Morgan fingerprint density at radius 2 is 1.78 bits per heavy atom. The number of benzene rings is 2. The molecule has 2 aromatic carbocycles. The van der Waals surface area contributed by atoms with Crippen LogP contribution in [0.15, 0.2) is 42.5 Å². The first-order chi connectivity index (χ1) is 10.9. The molecular formula is C18H19ClN2O2. The van der Waals surface area contributed by atoms with Gasteiger partial charge in [0.25, 0.3) is 0 Å². The summed E-state index contributed by atoms with van der Waals surface area (Å²) < 4.78 is 0. The van der Waals surface area contributed by atoms with Crippen molar-refractivity contribution < 1.29 is 9.59 Å². The predicted octanol–water partition coefficient (Wildman–Crippen LogP) is 3.55. The van der Waals surface area contributed by atoms with Crippen LogP contribution >= 0.6 is 11.6 Å². The Labute approximate surface area is 141 Å². The molecule has 0 saturated carbocycles. The molecule has 0 aliphatic carbocycles. The number of nitrogens with one attached hydrogen (secondary N) is 1. The SMILES string of the molecule is Cc1cc(C)c(NC(=O)C(=O)N(C)Cc2ccccc2)c(Cl)c1. The van der Waals surface area contributed by atoms with Gasteiger partial charge in [-0.2, -0.15) is 0 Å². The van der Waals surface area contributed by atoms with E-state index in [1.165, 1.54) is 4.90 Å². The van der Waals surface area contributed by atoms with Crippen LogP contribution in [0.5, 0.6) is 0 Å². The van der Waals surface area contributed by atoms with E-state index in [-0.39, 0.29) is 0 Å². The molecule has 0 fully saturated rings. The number of amides is 2. The molecule has 0 bridgehead atoms. The first-order valence-electron chi connectivity index (χ1n) is 7.25. The minimum atomic E-state index is -0.697. The summed E-state index contributed by atoms with van der Waals surface area (Å²) in [5.41, 5.74) is 3.25. The highest BCUT2D eigenvalue weighted by Gasteiger charge is 2.20. The molecule has 0 spiro atoms. The number of anilines is 1. The lowest BCUT2D eigenvalue weighted by Gasteiger charge is -2.18. The molecule has 0 aliphatic heterocycles. The summed E-state index contributed by atoms with van der Waals surface area (Å²) >= 11 is 6.15. The second-order valence-electron chi connectivity index (χ2n) is 5.54. The van der Waals surface area contributed by atoms with Gasteiger partial charge in [0, 0.05) is 13.6 Å². The molecule has 4 nitrogen and oxygen atoms in total. The smallest absolute Gasteiger partial charge is 0.313 e. The number of nitrogens with zero attached hydrogens (tertiary/aromatic N) is 1. The van der Waals surface area contributed by atoms with Crippen molar-refractivity contribution in [1.29, 1.82) is 0 Å². The Kier molecular flexibility index (Phi) is 5.40. The van der Waals surface area contributed by atoms with Crippen LogP contribution in [0, 0.1) is 13.8 Å². The van der Waals surface area contributed by atoms with E-state index in [2.05, 4.69) is 5.32 Å². The van der Waals surface area contributed by atoms with Crippen LogP contribution in [0.4, 0.5) is 5.69 Å². The highest BCUT2D eigenvalue weighted by atomic mass is 35.5. The fourth-order valence-electron chi connectivity index (χ4n) is 2.34. The molecular weight excluding hydrogens is 312 g/mol. The zero-order valence-electron chi connectivity index (χ0n) is 13.4. The van der Waals surface area contributed by atoms with Crippen LogP contribution in [0.2, 0.25) is 5.02 Å². The second kappa shape index (κ2) is 7.29. The zero-order valence-corrected chi connectivity index (χ0v) is 14.1. The fourth-order valence-corrected chi connectivity index (χ4v) is 2.71. The Morgan fingerprint density at radius 1 is 1.13 bits per heavy atom. The number of carbonyl (C=O) groups is 2. The summed E-state index contributed by atoms with van der Waals surface area (Å²) in [6.07, 6.45) is 0. The highest BCUT2D eigenvalue weighted by Crippen LogP contribution is 2.27. The Bertz CT molecular complexity index is 706. The molecule has 0 heterocycles. The van der Waals surface area contributed by atoms with E-state index in [0.717, 1.165) is 16.7 Å². The van der Waals surface area contributed by atoms with Crippen molar-refractivity contribution in [3.05, 3.63) is 64.2 Å². The molecule has 23 heavy (non-hydrogen) atoms. The van der Waals surface area contributed by atoms with Crippen LogP contribution < -0.4 is 5.32 Å². The van der Waals surface area contributed by atoms with Gasteiger partial charge in [0.05, 0.1) is 10.7 Å². The third-order valence-electron chi connectivity index (χ3n) is 3.47. The topological polar surface area (TPSA) is 49.4 Å². The second-order valence-corrected chi connectivity index (χ2v) is 5.95. The zero-order chi connectivity index (χ0) is 17.0. The monoisotopic (exact) mass is 330 g/mol. The van der Waals surface area contributed by atoms with Gasteiger partial charge in [-0.15, -0.1) is 0 Å². The molecule has 0 atom stereocenters. The number of likely N-dealkylation sites (N-methyl/N-ethyl adjacent to an activating group) is 1. The lowest BCUT2D eigenvalue weighted by atomic mass is 10.1. The van der Waals surface area contributed by atoms with Gasteiger partial charge in [-0.1, -0.05) is 48.0 Å². The van der Waals surface area contributed by atoms with Crippen LogP contribution in [0.25, 0.3) is 0 Å². The van der Waals surface area contributed by atoms with E-state index >= 15 is 0 Å². The first-order valence-corrected chi connectivity index (χ1v) is 7.63. The van der Waals surface area contributed by atoms with E-state index < -0.39 is 11.8 Å². The molecule has 2 aromatic rings. The molecule has 120 valence electrons. The summed E-state index contributed by atoms with van der Waals surface area (Å²) in [6, 6.07) is 13.2. The van der Waals surface area contributed by atoms with Crippen molar-refractivity contribution in [1.82, 2.24) is 4.90 Å². The molecule has 0 aromatic heterocycles. The van der Waals surface area contributed by atoms with Gasteiger partial charge in [-0.25, -0.2) is 0 Å². The fraction of sp³-hybridized carbons (Fsp3) is 0.222. The number of aryl methyl sites for hydroxylation is 2. The first kappa shape index (κ1) is 17.0. The van der Waals surface area contributed by atoms with Crippen molar-refractivity contribution in [2.75, 3.05) is 12.4 Å². The number of hydrogen-bond donors (Lipinski definition) is 1. The van der Waals surface area contributed by atoms with E-state index in [9.17, 15) is 9.59 Å². The maximum absolute atomic E-state index is 12.2. The van der Waals surface area contributed by atoms with E-state index in [0.29, 0.717) is 17.3 Å². The Hall–Kier alpha value is -2.33. The van der Waals surface area contributed by atoms with Gasteiger partial charge in [-0.3, -0.25) is 9.59 Å². The minimum absolute atomic E-state index is 0.369. The van der Waals surface area contributed by atoms with Gasteiger partial charge in [0.2, 0.25) is 0 Å². The van der Waals surface area contributed by atoms with E-state index in [4.69, 9.17) is 11.6 Å². The van der Waals surface area contributed by atoms with E-state index in [1.54, 1.807) is 13.1 Å². The molecule has 1 N–H and O–H groups in total. The minimum Gasteiger partial charge on any atom is -0.333 e. The van der Waals surface area contributed by atoms with Crippen molar-refractivity contribution in [3.63, 3.8) is 0 Å². The average Bonchev–Trinajstić information content (AvgIpc) is 2.50. The molecule has 2 rings (SSSR count). The maximum atomic E-state index is 12.2. The summed E-state index contributed by atoms with van der Waals surface area (Å²) in [5.74, 6) is -1.30. The summed E-state index contributed by atoms with van der Waals surface area (Å²) in [4.78, 5) is 25.8. The quantitative estimate of drug-likeness (QED) is 0.875. The molecule has 0 saturated heterocycles. The van der Waals surface area contributed by atoms with Crippen LogP contribution in [-0.2, 0) is 16.1 Å². The van der Waals surface area contributed by atoms with Crippen molar-refractivity contribution in [2.24, 2.45) is 0 Å². The molecule has 0 unspecified atom stereocenters. The van der Waals surface area contributed by atoms with E-state index in [1.807, 2.05) is 50.2 Å². The van der Waals surface area contributed by atoms with Gasteiger partial charge in [-0.05, 0) is 36.6 Å². The third kappa shape index (κ3) is 4.33. The lowest BCUT2D eigenvalue weighted by Crippen LogP contribution is -2.36. The maximum Gasteiger partial charge on any atom is 0.313 e. The summed E-state index contributed by atoms with van der Waals surface area (Å²) in [5, 5.41) is 3.04. The Morgan fingerprint density at radius 3 is 2.39 bits per heavy atom. The molecule has 5 heteroatoms. The van der Waals surface area contributed by atoms with Gasteiger partial charge in [0.15, 0.2) is 0 Å². The molecule has 0 radical (unpaired) electrons. The van der Waals surface area contributed by atoms with Gasteiger partial charge in [0.1, 0.15) is 0 Å². The third-order valence-corrected chi connectivity index (χ3v) is 3.77. The molecule has 2 amide bonds. The normalized spacial score (nSPS) is 10.3. The lowest BCUT2D eigenvalue weighted by molar-refractivity contribution is -0.142. The van der Waals surface area contributed by atoms with Gasteiger partial charge >= 0.3 is 11.8 Å². The summed E-state index contributed by atoms with van der Waals surface area (Å²) in [7, 11) is 1.60. The standard InChI is InChI=1S/C18H19ClN2O2/c1-12-9-13(2)16(15(19)10-12)20-17(22)18(23)21(3)11-14-7-5-4-6-8-14/h4-10H,11H2,1-3H3,(H,20,22). The van der Waals surface area contributed by atoms with Crippen LogP contribution in [0.1, 0.15) is 16.7 Å². The highest BCUT2D eigenvalue weighted by molar-refractivity contribution is 6.41. The average molecular weight is 331 g/mol. The summed E-state index contributed by atoms with van der Waals surface area (Å²) in [6.45, 7) is 4.13. The number of halogens is 1. The van der Waals surface area contributed by atoms with Gasteiger partial charge < -0.3 is 10.2 Å². The van der Waals surface area contributed by atoms with Crippen molar-refractivity contribution in [3.8, 4) is 0 Å². The largest absolute Gasteiger partial charge is 0.333 e. The van der Waals surface area contributed by atoms with Crippen molar-refractivity contribution >= 4 is 29.1 Å². The van der Waals surface area contributed by atoms with Crippen LogP contribution in [0.3, 0.4) is 0 Å². The number of carbonyl (C=O) groups excluding carboxylic acids is 2. The Balaban J connectivity index is 2.07. The number of rotatable bonds is 3. The van der Waals surface area contributed by atoms with Crippen LogP contribution in [-0.4, -0.2) is 23.8 Å². The van der Waals surface area contributed by atoms with Crippen molar-refractivity contribution in [2.45, 2.75) is 20.4 Å². The number of hydrogen-bond acceptors (Lipinski definition) is 2. The predicted molar refractivity (Wildman–Crippen MR) is 92.5 cm³/mol.